The van der Waals surface area contributed by atoms with Gasteiger partial charge in [-0.1, -0.05) is 26.8 Å². The average molecular weight is 365 g/mol. The van der Waals surface area contributed by atoms with E-state index < -0.39 is 8.32 Å². The zero-order chi connectivity index (χ0) is 18.5. The van der Waals surface area contributed by atoms with Crippen LogP contribution in [-0.4, -0.2) is 14.4 Å². The second-order valence-electron chi connectivity index (χ2n) is 8.56. The second kappa shape index (κ2) is 8.39. The highest BCUT2D eigenvalue weighted by Crippen LogP contribution is 2.36. The van der Waals surface area contributed by atoms with Crippen molar-refractivity contribution in [2.75, 3.05) is 0 Å². The lowest BCUT2D eigenvalue weighted by Crippen LogP contribution is -2.39. The first kappa shape index (κ1) is 20.0. The van der Waals surface area contributed by atoms with E-state index in [1.54, 1.807) is 12.1 Å². The predicted octanol–water partition coefficient (Wildman–Crippen LogP) is 6.62. The fourth-order valence-electron chi connectivity index (χ4n) is 2.71. The fraction of sp³-hybridized carbons (Fsp3) is 0.619. The Morgan fingerprint density at radius 1 is 1.28 bits per heavy atom. The second-order valence-corrected chi connectivity index (χ2v) is 13.3. The minimum absolute atomic E-state index is 0.174. The number of ether oxygens (including phenoxy) is 1. The number of allylic oxidation sites excluding steroid dienone is 1. The Bertz CT molecular complexity index is 590. The van der Waals surface area contributed by atoms with Gasteiger partial charge in [0.15, 0.2) is 0 Å². The third-order valence-electron chi connectivity index (χ3n) is 5.46. The summed E-state index contributed by atoms with van der Waals surface area (Å²) in [6, 6.07) is 4.84. The van der Waals surface area contributed by atoms with Crippen LogP contribution in [0.5, 0.6) is 5.75 Å². The van der Waals surface area contributed by atoms with Crippen LogP contribution in [-0.2, 0) is 10.8 Å². The van der Waals surface area contributed by atoms with E-state index in [2.05, 4.69) is 39.9 Å². The largest absolute Gasteiger partial charge is 0.549 e. The molecule has 25 heavy (non-hydrogen) atoms. The summed E-state index contributed by atoms with van der Waals surface area (Å²) in [4.78, 5) is 0. The van der Waals surface area contributed by atoms with E-state index in [1.165, 1.54) is 6.07 Å². The number of aryl methyl sites for hydroxylation is 1. The molecular weight excluding hydrogens is 331 g/mol. The number of unbranched alkanes of at least 4 members (excludes halogenated alkanes) is 2. The summed E-state index contributed by atoms with van der Waals surface area (Å²) in [5.41, 5.74) is 1.00. The molecule has 1 aromatic rings. The Balaban J connectivity index is 1.64. The molecule has 0 bridgehead atoms. The van der Waals surface area contributed by atoms with Crippen LogP contribution in [0.2, 0.25) is 18.1 Å². The fourth-order valence-corrected chi connectivity index (χ4v) is 3.50. The minimum atomic E-state index is -1.67. The maximum atomic E-state index is 13.2. The topological polar surface area (TPSA) is 18.5 Å². The Hall–Kier alpha value is -1.29. The summed E-state index contributed by atoms with van der Waals surface area (Å²) in [6.45, 7) is 11.3. The van der Waals surface area contributed by atoms with Gasteiger partial charge in [0.2, 0.25) is 8.32 Å². The molecule has 0 saturated heterocycles. The molecule has 140 valence electrons. The lowest BCUT2D eigenvalue weighted by atomic mass is 9.98. The van der Waals surface area contributed by atoms with Gasteiger partial charge in [-0.25, -0.2) is 4.39 Å². The molecule has 1 aromatic carbocycles. The van der Waals surface area contributed by atoms with Crippen LogP contribution in [0.1, 0.15) is 58.4 Å². The van der Waals surface area contributed by atoms with Crippen molar-refractivity contribution in [2.24, 2.45) is 0 Å². The lowest BCUT2D eigenvalue weighted by Gasteiger charge is -2.34. The number of hydrogen-bond acceptors (Lipinski definition) is 2. The highest BCUT2D eigenvalue weighted by molar-refractivity contribution is 6.74. The van der Waals surface area contributed by atoms with Crippen LogP contribution in [0, 0.1) is 5.82 Å². The molecular formula is C21H33FO2Si. The molecule has 0 fully saturated rings. The van der Waals surface area contributed by atoms with Crippen molar-refractivity contribution in [1.82, 2.24) is 0 Å². The van der Waals surface area contributed by atoms with Gasteiger partial charge in [0.1, 0.15) is 11.6 Å². The van der Waals surface area contributed by atoms with Gasteiger partial charge in [-0.3, -0.25) is 0 Å². The van der Waals surface area contributed by atoms with Crippen LogP contribution in [0.3, 0.4) is 0 Å². The first-order chi connectivity index (χ1) is 11.7. The molecule has 0 unspecified atom stereocenters. The molecule has 0 amide bonds. The number of rotatable bonds is 7. The molecule has 0 N–H and O–H groups in total. The van der Waals surface area contributed by atoms with Gasteiger partial charge >= 0.3 is 0 Å². The minimum Gasteiger partial charge on any atom is -0.549 e. The van der Waals surface area contributed by atoms with Gasteiger partial charge in [0.25, 0.3) is 0 Å². The maximum Gasteiger partial charge on any atom is 0.249 e. The van der Waals surface area contributed by atoms with Crippen molar-refractivity contribution in [3.8, 4) is 5.75 Å². The molecule has 2 nitrogen and oxygen atoms in total. The van der Waals surface area contributed by atoms with Crippen LogP contribution >= 0.6 is 0 Å². The van der Waals surface area contributed by atoms with Crippen LogP contribution in [0.15, 0.2) is 30.5 Å². The van der Waals surface area contributed by atoms with Crippen molar-refractivity contribution in [2.45, 2.75) is 83.5 Å². The van der Waals surface area contributed by atoms with Crippen molar-refractivity contribution in [3.05, 3.63) is 41.9 Å². The first-order valence-electron chi connectivity index (χ1n) is 9.47. The van der Waals surface area contributed by atoms with E-state index in [9.17, 15) is 4.39 Å². The SMILES string of the molecule is CC(C)(C)[Si](C)(C)OC=CCCCC[C@H]1CCc2cc(F)ccc2O1. The van der Waals surface area contributed by atoms with Crippen molar-refractivity contribution >= 4 is 8.32 Å². The van der Waals surface area contributed by atoms with Crippen LogP contribution in [0.25, 0.3) is 0 Å². The summed E-state index contributed by atoms with van der Waals surface area (Å²) in [7, 11) is -1.67. The Morgan fingerprint density at radius 3 is 2.76 bits per heavy atom. The molecule has 0 radical (unpaired) electrons. The lowest BCUT2D eigenvalue weighted by molar-refractivity contribution is 0.160. The number of benzene rings is 1. The highest BCUT2D eigenvalue weighted by atomic mass is 28.4. The van der Waals surface area contributed by atoms with E-state index >= 15 is 0 Å². The van der Waals surface area contributed by atoms with Crippen LogP contribution < -0.4 is 4.74 Å². The normalized spacial score (nSPS) is 18.1. The van der Waals surface area contributed by atoms with Gasteiger partial charge in [0, 0.05) is 0 Å². The molecule has 4 heteroatoms. The summed E-state index contributed by atoms with van der Waals surface area (Å²) in [6.07, 6.45) is 10.6. The summed E-state index contributed by atoms with van der Waals surface area (Å²) in [5.74, 6) is 0.688. The molecule has 2 rings (SSSR count). The van der Waals surface area contributed by atoms with Crippen LogP contribution in [0.4, 0.5) is 4.39 Å². The van der Waals surface area contributed by atoms with Gasteiger partial charge < -0.3 is 9.16 Å². The Morgan fingerprint density at radius 2 is 2.04 bits per heavy atom. The van der Waals surface area contributed by atoms with Gasteiger partial charge in [0.05, 0.1) is 12.4 Å². The number of fused-ring (bicyclic) bond motifs is 1. The Labute approximate surface area is 153 Å². The van der Waals surface area contributed by atoms with E-state index in [-0.39, 0.29) is 17.0 Å². The van der Waals surface area contributed by atoms with E-state index in [0.29, 0.717) is 0 Å². The quantitative estimate of drug-likeness (QED) is 0.308. The monoisotopic (exact) mass is 364 g/mol. The highest BCUT2D eigenvalue weighted by Gasteiger charge is 2.37. The summed E-state index contributed by atoms with van der Waals surface area (Å²) < 4.78 is 25.2. The summed E-state index contributed by atoms with van der Waals surface area (Å²) in [5, 5.41) is 0.245. The van der Waals surface area contributed by atoms with Gasteiger partial charge in [-0.2, -0.15) is 0 Å². The van der Waals surface area contributed by atoms with Gasteiger partial charge in [-0.05, 0) is 80.4 Å². The first-order valence-corrected chi connectivity index (χ1v) is 12.4. The van der Waals surface area contributed by atoms with E-state index in [4.69, 9.17) is 9.16 Å². The van der Waals surface area contributed by atoms with E-state index in [0.717, 1.165) is 49.8 Å². The molecule has 0 aliphatic carbocycles. The summed E-state index contributed by atoms with van der Waals surface area (Å²) >= 11 is 0. The third kappa shape index (κ3) is 5.88. The zero-order valence-corrected chi connectivity index (χ0v) is 17.4. The predicted molar refractivity (Wildman–Crippen MR) is 105 cm³/mol. The standard InChI is InChI=1S/C21H33FO2Si/c1-21(2,3)25(4,5)23-15-9-7-6-8-10-19-13-11-17-16-18(22)12-14-20(17)24-19/h9,12,14-16,19H,6-8,10-11,13H2,1-5H3/t19-/m0/s1. The maximum absolute atomic E-state index is 13.2. The molecule has 1 atom stereocenters. The van der Waals surface area contributed by atoms with Crippen molar-refractivity contribution < 1.29 is 13.6 Å². The molecule has 1 aliphatic heterocycles. The molecule has 1 aliphatic rings. The van der Waals surface area contributed by atoms with Crippen molar-refractivity contribution in [3.63, 3.8) is 0 Å². The Kier molecular flexibility index (Phi) is 6.72. The molecule has 0 aromatic heterocycles. The van der Waals surface area contributed by atoms with E-state index in [1.807, 2.05) is 6.26 Å². The van der Waals surface area contributed by atoms with Crippen molar-refractivity contribution in [1.29, 1.82) is 0 Å². The number of halogens is 1. The van der Waals surface area contributed by atoms with Gasteiger partial charge in [-0.15, -0.1) is 0 Å². The third-order valence-corrected chi connectivity index (χ3v) is 9.80. The smallest absolute Gasteiger partial charge is 0.249 e. The average Bonchev–Trinajstić information content (AvgIpc) is 2.52. The molecule has 1 heterocycles. The zero-order valence-electron chi connectivity index (χ0n) is 16.4. The molecule has 0 spiro atoms. The molecule has 0 saturated carbocycles. The number of hydrogen-bond donors (Lipinski definition) is 0.